The lowest BCUT2D eigenvalue weighted by Gasteiger charge is -2.39. The minimum atomic E-state index is -0.866. The van der Waals surface area contributed by atoms with E-state index in [2.05, 4.69) is 20.4 Å². The Bertz CT molecular complexity index is 591. The molecule has 0 bridgehead atoms. The predicted molar refractivity (Wildman–Crippen MR) is 94.7 cm³/mol. The van der Waals surface area contributed by atoms with Gasteiger partial charge in [-0.2, -0.15) is 0 Å². The number of fused-ring (bicyclic) bond motifs is 1. The van der Waals surface area contributed by atoms with Gasteiger partial charge in [0.2, 0.25) is 0 Å². The molecule has 2 rings (SSSR count). The molecule has 1 aliphatic heterocycles. The van der Waals surface area contributed by atoms with Crippen molar-refractivity contribution in [3.8, 4) is 5.75 Å². The molecule has 1 heterocycles. The van der Waals surface area contributed by atoms with E-state index in [1.807, 2.05) is 18.2 Å². The Morgan fingerprint density at radius 2 is 2.00 bits per heavy atom. The number of nitrogens with two attached hydrogens (primary N) is 1. The Morgan fingerprint density at radius 3 is 2.57 bits per heavy atom. The maximum atomic E-state index is 12.6. The van der Waals surface area contributed by atoms with Crippen molar-refractivity contribution >= 4 is 11.6 Å². The molecule has 0 aliphatic carbocycles. The summed E-state index contributed by atoms with van der Waals surface area (Å²) >= 11 is 0. The van der Waals surface area contributed by atoms with Gasteiger partial charge in [0.05, 0.1) is 5.69 Å². The van der Waals surface area contributed by atoms with Crippen LogP contribution in [0.25, 0.3) is 0 Å². The maximum Gasteiger partial charge on any atom is 0.270 e. The second-order valence-corrected chi connectivity index (χ2v) is 6.65. The highest BCUT2D eigenvalue weighted by atomic mass is 16.5. The van der Waals surface area contributed by atoms with Crippen LogP contribution in [0, 0.1) is 5.92 Å². The Labute approximate surface area is 139 Å². The summed E-state index contributed by atoms with van der Waals surface area (Å²) in [5.41, 5.74) is 7.40. The zero-order valence-corrected chi connectivity index (χ0v) is 14.6. The first-order valence-corrected chi connectivity index (χ1v) is 8.37. The number of anilines is 1. The Morgan fingerprint density at radius 1 is 1.35 bits per heavy atom. The van der Waals surface area contributed by atoms with Crippen LogP contribution >= 0.6 is 0 Å². The molecule has 1 amide bonds. The van der Waals surface area contributed by atoms with Crippen molar-refractivity contribution in [1.29, 1.82) is 0 Å². The second-order valence-electron chi connectivity index (χ2n) is 6.65. The van der Waals surface area contributed by atoms with Gasteiger partial charge in [0.1, 0.15) is 5.75 Å². The summed E-state index contributed by atoms with van der Waals surface area (Å²) in [5.74, 6) is 1.09. The van der Waals surface area contributed by atoms with Gasteiger partial charge in [-0.25, -0.2) is 0 Å². The average molecular weight is 316 g/mol. The van der Waals surface area contributed by atoms with Crippen molar-refractivity contribution < 1.29 is 9.53 Å². The van der Waals surface area contributed by atoms with Crippen LogP contribution < -0.4 is 15.4 Å². The second kappa shape index (κ2) is 6.75. The molecular weight excluding hydrogens is 288 g/mol. The molecule has 1 unspecified atom stereocenters. The zero-order valence-electron chi connectivity index (χ0n) is 14.6. The fourth-order valence-electron chi connectivity index (χ4n) is 3.17. The topological polar surface area (TPSA) is 55.6 Å². The highest BCUT2D eigenvalue weighted by Crippen LogP contribution is 2.40. The van der Waals surface area contributed by atoms with Gasteiger partial charge in [-0.15, -0.1) is 6.58 Å². The maximum absolute atomic E-state index is 12.6. The molecule has 1 aliphatic rings. The molecule has 0 spiro atoms. The van der Waals surface area contributed by atoms with E-state index in [9.17, 15) is 4.79 Å². The molecule has 0 fully saturated rings. The number of rotatable bonds is 6. The van der Waals surface area contributed by atoms with E-state index in [1.54, 1.807) is 24.8 Å². The Hall–Kier alpha value is -1.81. The van der Waals surface area contributed by atoms with E-state index < -0.39 is 5.60 Å². The number of hydrogen-bond acceptors (Lipinski definition) is 3. The molecule has 4 nitrogen and oxygen atoms in total. The van der Waals surface area contributed by atoms with Crippen LogP contribution in [0.15, 0.2) is 30.9 Å². The van der Waals surface area contributed by atoms with E-state index in [1.165, 1.54) is 0 Å². The first-order valence-electron chi connectivity index (χ1n) is 8.37. The molecule has 2 N–H and O–H groups in total. The van der Waals surface area contributed by atoms with Crippen LogP contribution in [-0.4, -0.2) is 18.1 Å². The van der Waals surface area contributed by atoms with Gasteiger partial charge in [0.15, 0.2) is 5.60 Å². The number of hydrogen-bond donors (Lipinski definition) is 1. The fourth-order valence-corrected chi connectivity index (χ4v) is 3.17. The highest BCUT2D eigenvalue weighted by molar-refractivity contribution is 6.02. The van der Waals surface area contributed by atoms with Crippen LogP contribution in [0.3, 0.4) is 0 Å². The van der Waals surface area contributed by atoms with Crippen molar-refractivity contribution in [1.82, 2.24) is 0 Å². The lowest BCUT2D eigenvalue weighted by Crippen LogP contribution is -2.52. The van der Waals surface area contributed by atoms with E-state index in [0.29, 0.717) is 12.5 Å². The summed E-state index contributed by atoms with van der Waals surface area (Å²) in [5, 5.41) is 0. The van der Waals surface area contributed by atoms with Crippen molar-refractivity contribution in [2.24, 2.45) is 11.7 Å². The summed E-state index contributed by atoms with van der Waals surface area (Å²) in [6, 6.07) is 5.90. The molecule has 0 saturated heterocycles. The van der Waals surface area contributed by atoms with Crippen LogP contribution in [0.4, 0.5) is 5.69 Å². The summed E-state index contributed by atoms with van der Waals surface area (Å²) in [6.45, 7) is 12.1. The minimum Gasteiger partial charge on any atom is -0.476 e. The van der Waals surface area contributed by atoms with E-state index >= 15 is 0 Å². The quantitative estimate of drug-likeness (QED) is 0.812. The Kier molecular flexibility index (Phi) is 5.15. The number of nitrogens with zero attached hydrogens (tertiary/aromatic N) is 1. The Balaban J connectivity index is 2.45. The van der Waals surface area contributed by atoms with Gasteiger partial charge in [-0.05, 0) is 37.5 Å². The monoisotopic (exact) mass is 316 g/mol. The lowest BCUT2D eigenvalue weighted by molar-refractivity contribution is -0.132. The summed E-state index contributed by atoms with van der Waals surface area (Å²) in [7, 11) is 0. The van der Waals surface area contributed by atoms with Crippen LogP contribution in [-0.2, 0) is 4.79 Å². The third-order valence-corrected chi connectivity index (χ3v) is 4.65. The van der Waals surface area contributed by atoms with Crippen molar-refractivity contribution in [3.63, 3.8) is 0 Å². The molecule has 1 aromatic carbocycles. The SMILES string of the molecule is C=CCN1C(=O)C(C)(C)Oc2ccc(C(N)C(CC)CC)cc21. The largest absolute Gasteiger partial charge is 0.476 e. The fraction of sp³-hybridized carbons (Fsp3) is 0.526. The zero-order chi connectivity index (χ0) is 17.2. The first-order chi connectivity index (χ1) is 10.9. The first kappa shape index (κ1) is 17.5. The molecule has 0 aromatic heterocycles. The van der Waals surface area contributed by atoms with Crippen LogP contribution in [0.5, 0.6) is 5.75 Å². The number of ether oxygens (including phenoxy) is 1. The molecule has 0 radical (unpaired) electrons. The van der Waals surface area contributed by atoms with Crippen molar-refractivity contribution in [2.45, 2.75) is 52.2 Å². The third kappa shape index (κ3) is 3.27. The molecule has 126 valence electrons. The van der Waals surface area contributed by atoms with Gasteiger partial charge in [-0.1, -0.05) is 38.8 Å². The standard InChI is InChI=1S/C19H28N2O2/c1-6-11-21-15-12-14(17(20)13(7-2)8-3)9-10-16(15)23-19(4,5)18(21)22/h6,9-10,12-13,17H,1,7-8,11,20H2,2-5H3. The van der Waals surface area contributed by atoms with Crippen molar-refractivity contribution in [3.05, 3.63) is 36.4 Å². The van der Waals surface area contributed by atoms with Gasteiger partial charge < -0.3 is 15.4 Å². The minimum absolute atomic E-state index is 0.0362. The van der Waals surface area contributed by atoms with Gasteiger partial charge in [0.25, 0.3) is 5.91 Å². The number of carbonyl (C=O) groups excluding carboxylic acids is 1. The van der Waals surface area contributed by atoms with Crippen LogP contribution in [0.1, 0.15) is 52.1 Å². The molecular formula is C19H28N2O2. The normalized spacial score (nSPS) is 17.7. The average Bonchev–Trinajstić information content (AvgIpc) is 2.52. The van der Waals surface area contributed by atoms with Crippen LogP contribution in [0.2, 0.25) is 0 Å². The van der Waals surface area contributed by atoms with Gasteiger partial charge in [-0.3, -0.25) is 4.79 Å². The van der Waals surface area contributed by atoms with E-state index in [0.717, 1.165) is 29.8 Å². The summed E-state index contributed by atoms with van der Waals surface area (Å²) in [4.78, 5) is 14.4. The smallest absolute Gasteiger partial charge is 0.270 e. The van der Waals surface area contributed by atoms with Gasteiger partial charge >= 0.3 is 0 Å². The molecule has 1 atom stereocenters. The molecule has 23 heavy (non-hydrogen) atoms. The number of carbonyl (C=O) groups is 1. The van der Waals surface area contributed by atoms with Crippen molar-refractivity contribution in [2.75, 3.05) is 11.4 Å². The van der Waals surface area contributed by atoms with E-state index in [-0.39, 0.29) is 11.9 Å². The van der Waals surface area contributed by atoms with E-state index in [4.69, 9.17) is 10.5 Å². The third-order valence-electron chi connectivity index (χ3n) is 4.65. The molecule has 1 aromatic rings. The number of benzene rings is 1. The highest BCUT2D eigenvalue weighted by Gasteiger charge is 2.40. The lowest BCUT2D eigenvalue weighted by atomic mass is 9.89. The number of amides is 1. The summed E-state index contributed by atoms with van der Waals surface area (Å²) in [6.07, 6.45) is 3.80. The summed E-state index contributed by atoms with van der Waals surface area (Å²) < 4.78 is 5.89. The molecule has 4 heteroatoms. The van der Waals surface area contributed by atoms with Gasteiger partial charge in [0, 0.05) is 12.6 Å². The predicted octanol–water partition coefficient (Wildman–Crippen LogP) is 3.81. The molecule has 0 saturated carbocycles.